The van der Waals surface area contributed by atoms with Crippen LogP contribution >= 0.6 is 11.3 Å². The predicted molar refractivity (Wildman–Crippen MR) is 176 cm³/mol. The first-order valence-corrected chi connectivity index (χ1v) is 15.3. The number of benzene rings is 6. The van der Waals surface area contributed by atoms with Gasteiger partial charge in [0.2, 0.25) is 0 Å². The molecule has 1 fully saturated rings. The molecule has 1 aliphatic heterocycles. The number of thiophene rings is 1. The highest BCUT2D eigenvalue weighted by Crippen LogP contribution is 2.39. The van der Waals surface area contributed by atoms with Crippen molar-refractivity contribution in [3.8, 4) is 11.1 Å². The van der Waals surface area contributed by atoms with Gasteiger partial charge in [-0.3, -0.25) is 0 Å². The van der Waals surface area contributed by atoms with Crippen LogP contribution in [0.5, 0.6) is 0 Å². The number of hydrogen-bond donors (Lipinski definition) is 2. The Balaban J connectivity index is 1.25. The summed E-state index contributed by atoms with van der Waals surface area (Å²) >= 11 is 1.89. The Kier molecular flexibility index (Phi) is 5.35. The standard InChI is InChI=1S/C38H27N3S/c1-3-11-25(12-4-1)26-19-21-28(22-20-26)38-39-37(27-13-5-2-6-14-27)41(38)40-33-17-9-7-15-29(33)31-23-32-30-16-8-10-18-35(30)42-36(32)24-34(31)40/h1-24,37-39H/p+1. The molecule has 1 saturated heterocycles. The third kappa shape index (κ3) is 3.60. The van der Waals surface area contributed by atoms with Crippen molar-refractivity contribution in [2.24, 2.45) is 0 Å². The van der Waals surface area contributed by atoms with Crippen LogP contribution in [0.1, 0.15) is 23.5 Å². The quantitative estimate of drug-likeness (QED) is 0.222. The van der Waals surface area contributed by atoms with Gasteiger partial charge >= 0.3 is 0 Å². The molecule has 3 heterocycles. The lowest BCUT2D eigenvalue weighted by Gasteiger charge is -2.46. The molecule has 0 bridgehead atoms. The van der Waals surface area contributed by atoms with Gasteiger partial charge in [-0.05, 0) is 35.4 Å². The fraction of sp³-hybridized carbons (Fsp3) is 0.0526. The van der Waals surface area contributed by atoms with E-state index in [1.807, 2.05) is 11.3 Å². The number of para-hydroxylation sites is 1. The molecule has 0 aliphatic carbocycles. The third-order valence-corrected chi connectivity index (χ3v) is 9.97. The van der Waals surface area contributed by atoms with Gasteiger partial charge in [0.05, 0.1) is 0 Å². The van der Waals surface area contributed by atoms with Gasteiger partial charge in [-0.1, -0.05) is 121 Å². The van der Waals surface area contributed by atoms with Crippen molar-refractivity contribution >= 4 is 53.3 Å². The van der Waals surface area contributed by atoms with Crippen LogP contribution in [-0.4, -0.2) is 4.68 Å². The molecule has 3 nitrogen and oxygen atoms in total. The zero-order chi connectivity index (χ0) is 27.6. The van der Waals surface area contributed by atoms with E-state index >= 15 is 0 Å². The molecule has 200 valence electrons. The highest BCUT2D eigenvalue weighted by Gasteiger charge is 2.47. The maximum absolute atomic E-state index is 3.94. The molecule has 1 aliphatic rings. The zero-order valence-electron chi connectivity index (χ0n) is 22.9. The SMILES string of the molecule is c1ccc(-c2ccc(C3NC(c4ccccc4)[NH+]3n3c4ccccc4c4cc5c(cc43)sc3ccccc35)cc2)cc1. The van der Waals surface area contributed by atoms with Crippen LogP contribution in [0.3, 0.4) is 0 Å². The summed E-state index contributed by atoms with van der Waals surface area (Å²) < 4.78 is 5.23. The molecular weight excluding hydrogens is 531 g/mol. The second-order valence-corrected chi connectivity index (χ2v) is 12.3. The topological polar surface area (TPSA) is 21.4 Å². The van der Waals surface area contributed by atoms with E-state index in [0.717, 1.165) is 0 Å². The van der Waals surface area contributed by atoms with Crippen molar-refractivity contribution in [2.75, 3.05) is 0 Å². The fourth-order valence-corrected chi connectivity index (χ4v) is 7.93. The highest BCUT2D eigenvalue weighted by atomic mass is 32.1. The minimum absolute atomic E-state index is 0.108. The molecule has 6 aromatic carbocycles. The molecule has 8 aromatic rings. The van der Waals surface area contributed by atoms with Crippen LogP contribution in [0.2, 0.25) is 0 Å². The largest absolute Gasteiger partial charge is 0.205 e. The van der Waals surface area contributed by atoms with Crippen LogP contribution < -0.4 is 10.3 Å². The summed E-state index contributed by atoms with van der Waals surface area (Å²) in [7, 11) is 0. The number of aromatic nitrogens is 1. The Morgan fingerprint density at radius 1 is 0.476 bits per heavy atom. The van der Waals surface area contributed by atoms with E-state index in [0.29, 0.717) is 0 Å². The minimum Gasteiger partial charge on any atom is -0.205 e. The van der Waals surface area contributed by atoms with E-state index in [4.69, 9.17) is 0 Å². The maximum atomic E-state index is 3.94. The number of nitrogens with one attached hydrogen (secondary N) is 2. The molecule has 3 atom stereocenters. The fourth-order valence-electron chi connectivity index (χ4n) is 6.81. The average Bonchev–Trinajstić information content (AvgIpc) is 3.56. The van der Waals surface area contributed by atoms with Crippen LogP contribution in [-0.2, 0) is 0 Å². The van der Waals surface area contributed by atoms with E-state index < -0.39 is 0 Å². The van der Waals surface area contributed by atoms with Gasteiger partial charge in [-0.25, -0.2) is 5.32 Å². The summed E-state index contributed by atoms with van der Waals surface area (Å²) in [6, 6.07) is 53.1. The Morgan fingerprint density at radius 3 is 1.88 bits per heavy atom. The summed E-state index contributed by atoms with van der Waals surface area (Å²) in [5, 5.41) is 10.6. The van der Waals surface area contributed by atoms with Gasteiger partial charge in [-0.2, -0.15) is 9.69 Å². The number of nitrogens with zero attached hydrogens (tertiary/aromatic N) is 1. The van der Waals surface area contributed by atoms with E-state index in [1.165, 1.54) is 69.2 Å². The summed E-state index contributed by atoms with van der Waals surface area (Å²) in [6.07, 6.45) is 0.235. The lowest BCUT2D eigenvalue weighted by molar-refractivity contribution is -1.05. The van der Waals surface area contributed by atoms with Crippen molar-refractivity contribution < 1.29 is 5.01 Å². The first kappa shape index (κ1) is 23.9. The second kappa shape index (κ2) is 9.40. The molecule has 9 rings (SSSR count). The molecule has 2 N–H and O–H groups in total. The number of rotatable bonds is 4. The average molecular weight is 559 g/mol. The number of fused-ring (bicyclic) bond motifs is 6. The predicted octanol–water partition coefficient (Wildman–Crippen LogP) is 8.48. The van der Waals surface area contributed by atoms with Gasteiger partial charge in [0.15, 0.2) is 12.3 Å². The first-order chi connectivity index (χ1) is 20.8. The Morgan fingerprint density at radius 2 is 1.10 bits per heavy atom. The molecule has 2 aromatic heterocycles. The summed E-state index contributed by atoms with van der Waals surface area (Å²) in [5.74, 6) is 0. The minimum atomic E-state index is 0.108. The van der Waals surface area contributed by atoms with Crippen molar-refractivity contribution in [2.45, 2.75) is 12.3 Å². The van der Waals surface area contributed by atoms with E-state index in [2.05, 4.69) is 156 Å². The van der Waals surface area contributed by atoms with Crippen LogP contribution in [0.25, 0.3) is 53.1 Å². The molecule has 0 amide bonds. The van der Waals surface area contributed by atoms with Gasteiger partial charge in [0.1, 0.15) is 11.0 Å². The molecule has 3 unspecified atom stereocenters. The summed E-state index contributed by atoms with van der Waals surface area (Å²) in [5.41, 5.74) is 7.59. The summed E-state index contributed by atoms with van der Waals surface area (Å²) in [6.45, 7) is 0. The lowest BCUT2D eigenvalue weighted by atomic mass is 9.99. The molecule has 0 spiro atoms. The van der Waals surface area contributed by atoms with Crippen LogP contribution in [0, 0.1) is 0 Å². The molecule has 4 heteroatoms. The van der Waals surface area contributed by atoms with E-state index in [9.17, 15) is 0 Å². The van der Waals surface area contributed by atoms with Crippen LogP contribution in [0.15, 0.2) is 146 Å². The lowest BCUT2D eigenvalue weighted by Crippen LogP contribution is -3.24. The normalized spacial score (nSPS) is 18.6. The van der Waals surface area contributed by atoms with Crippen molar-refractivity contribution in [1.29, 1.82) is 0 Å². The number of quaternary nitrogens is 1. The highest BCUT2D eigenvalue weighted by molar-refractivity contribution is 7.25. The Labute approximate surface area is 247 Å². The van der Waals surface area contributed by atoms with Gasteiger partial charge in [0.25, 0.3) is 0 Å². The maximum Gasteiger partial charge on any atom is 0.197 e. The van der Waals surface area contributed by atoms with Crippen molar-refractivity contribution in [3.05, 3.63) is 157 Å². The van der Waals surface area contributed by atoms with Crippen LogP contribution in [0.4, 0.5) is 0 Å². The van der Waals surface area contributed by atoms with Gasteiger partial charge < -0.3 is 0 Å². The van der Waals surface area contributed by atoms with Gasteiger partial charge in [-0.15, -0.1) is 11.3 Å². The zero-order valence-corrected chi connectivity index (χ0v) is 23.7. The Hall–Kier alpha value is -4.74. The molecule has 42 heavy (non-hydrogen) atoms. The monoisotopic (exact) mass is 558 g/mol. The third-order valence-electron chi connectivity index (χ3n) is 8.84. The molecule has 0 radical (unpaired) electrons. The molecular formula is C38H28N3S+. The first-order valence-electron chi connectivity index (χ1n) is 14.5. The second-order valence-electron chi connectivity index (χ2n) is 11.2. The molecule has 0 saturated carbocycles. The summed E-state index contributed by atoms with van der Waals surface area (Å²) in [4.78, 5) is 0. The smallest absolute Gasteiger partial charge is 0.197 e. The Bertz CT molecular complexity index is 2230. The van der Waals surface area contributed by atoms with E-state index in [-0.39, 0.29) is 12.3 Å². The van der Waals surface area contributed by atoms with E-state index in [1.54, 1.807) is 0 Å². The van der Waals surface area contributed by atoms with Crippen molar-refractivity contribution in [1.82, 2.24) is 9.99 Å². The van der Waals surface area contributed by atoms with Crippen molar-refractivity contribution in [3.63, 3.8) is 0 Å². The number of hydrogen-bond acceptors (Lipinski definition) is 2. The van der Waals surface area contributed by atoms with Gasteiger partial charge in [0, 0.05) is 42.1 Å².